The lowest BCUT2D eigenvalue weighted by atomic mass is 10.2. The summed E-state index contributed by atoms with van der Waals surface area (Å²) in [6.07, 6.45) is 1.13. The van der Waals surface area contributed by atoms with Crippen molar-refractivity contribution in [2.75, 3.05) is 0 Å². The third-order valence-electron chi connectivity index (χ3n) is 2.42. The molecule has 0 aliphatic heterocycles. The fraction of sp³-hybridized carbons (Fsp3) is 0.154. The Balaban J connectivity index is 2.15. The Bertz CT molecular complexity index is 639. The van der Waals surface area contributed by atoms with Crippen LogP contribution in [0.2, 0.25) is 0 Å². The molecule has 0 aliphatic carbocycles. The normalized spacial score (nSPS) is 10.5. The molecular weight excluding hydrogens is 319 g/mol. The summed E-state index contributed by atoms with van der Waals surface area (Å²) in [4.78, 5) is 11.6. The van der Waals surface area contributed by atoms with Crippen LogP contribution in [0.15, 0.2) is 44.2 Å². The Kier molecular flexibility index (Phi) is 4.34. The highest BCUT2D eigenvalue weighted by molar-refractivity contribution is 9.10. The Morgan fingerprint density at radius 3 is 2.89 bits per heavy atom. The minimum atomic E-state index is -0.400. The second-order valence-electron chi connectivity index (χ2n) is 3.73. The van der Waals surface area contributed by atoms with Crippen molar-refractivity contribution in [2.24, 2.45) is 0 Å². The lowest BCUT2D eigenvalue weighted by molar-refractivity contribution is 0.236. The van der Waals surface area contributed by atoms with E-state index in [4.69, 9.17) is 14.3 Å². The van der Waals surface area contributed by atoms with Crippen molar-refractivity contribution in [1.29, 1.82) is 0 Å². The number of ether oxygens (including phenoxy) is 1. The van der Waals surface area contributed by atoms with Gasteiger partial charge in [-0.05, 0) is 22.0 Å². The largest absolute Gasteiger partial charge is 0.482 e. The van der Waals surface area contributed by atoms with Gasteiger partial charge in [-0.15, -0.1) is 0 Å². The molecule has 6 heteroatoms. The standard InChI is InChI=1S/C13H10BrFO4/c14-13-8(2-1-3-10(13)15)6-19-12-7-18-9(5-16)4-11(12)17/h1-4,7,16H,5-6H2. The van der Waals surface area contributed by atoms with Crippen molar-refractivity contribution >= 4 is 15.9 Å². The van der Waals surface area contributed by atoms with Crippen LogP contribution >= 0.6 is 15.9 Å². The van der Waals surface area contributed by atoms with Crippen molar-refractivity contribution in [2.45, 2.75) is 13.2 Å². The molecule has 100 valence electrons. The van der Waals surface area contributed by atoms with Crippen LogP contribution in [-0.4, -0.2) is 5.11 Å². The average Bonchev–Trinajstić information content (AvgIpc) is 2.41. The first-order chi connectivity index (χ1) is 9.11. The Labute approximate surface area is 116 Å². The van der Waals surface area contributed by atoms with Crippen molar-refractivity contribution in [3.05, 3.63) is 62.4 Å². The predicted octanol–water partition coefficient (Wildman–Crippen LogP) is 2.61. The molecule has 0 bridgehead atoms. The summed E-state index contributed by atoms with van der Waals surface area (Å²) < 4.78 is 23.8. The minimum Gasteiger partial charge on any atom is -0.482 e. The third kappa shape index (κ3) is 3.21. The highest BCUT2D eigenvalue weighted by Crippen LogP contribution is 2.21. The van der Waals surface area contributed by atoms with Gasteiger partial charge in [0.25, 0.3) is 0 Å². The number of benzene rings is 1. The van der Waals surface area contributed by atoms with E-state index in [1.54, 1.807) is 12.1 Å². The van der Waals surface area contributed by atoms with Crippen LogP contribution in [0.3, 0.4) is 0 Å². The molecule has 0 radical (unpaired) electrons. The van der Waals surface area contributed by atoms with Crippen LogP contribution in [0, 0.1) is 5.82 Å². The zero-order chi connectivity index (χ0) is 13.8. The maximum Gasteiger partial charge on any atom is 0.227 e. The number of rotatable bonds is 4. The van der Waals surface area contributed by atoms with E-state index in [9.17, 15) is 9.18 Å². The van der Waals surface area contributed by atoms with Crippen LogP contribution < -0.4 is 10.2 Å². The third-order valence-corrected chi connectivity index (χ3v) is 3.31. The molecule has 0 saturated heterocycles. The number of aliphatic hydroxyl groups excluding tert-OH is 1. The zero-order valence-corrected chi connectivity index (χ0v) is 11.3. The van der Waals surface area contributed by atoms with Gasteiger partial charge in [-0.1, -0.05) is 12.1 Å². The molecule has 0 aliphatic rings. The Morgan fingerprint density at radius 1 is 1.42 bits per heavy atom. The Morgan fingerprint density at radius 2 is 2.21 bits per heavy atom. The fourth-order valence-electron chi connectivity index (χ4n) is 1.44. The first kappa shape index (κ1) is 13.8. The molecule has 1 aromatic heterocycles. The van der Waals surface area contributed by atoms with Crippen LogP contribution in [0.25, 0.3) is 0 Å². The van der Waals surface area contributed by atoms with Gasteiger partial charge in [0.2, 0.25) is 11.2 Å². The summed E-state index contributed by atoms with van der Waals surface area (Å²) in [6, 6.07) is 5.70. The molecular formula is C13H10BrFO4. The lowest BCUT2D eigenvalue weighted by Crippen LogP contribution is -2.08. The SMILES string of the molecule is O=c1cc(CO)occ1OCc1cccc(F)c1Br. The van der Waals surface area contributed by atoms with E-state index in [0.29, 0.717) is 10.0 Å². The molecule has 0 unspecified atom stereocenters. The van der Waals surface area contributed by atoms with E-state index in [1.807, 2.05) is 0 Å². The van der Waals surface area contributed by atoms with Gasteiger partial charge in [-0.25, -0.2) is 4.39 Å². The maximum absolute atomic E-state index is 13.3. The van der Waals surface area contributed by atoms with E-state index >= 15 is 0 Å². The molecule has 1 N–H and O–H groups in total. The molecule has 1 heterocycles. The molecule has 0 spiro atoms. The monoisotopic (exact) mass is 328 g/mol. The molecule has 19 heavy (non-hydrogen) atoms. The van der Waals surface area contributed by atoms with Gasteiger partial charge in [0.1, 0.15) is 31.1 Å². The second kappa shape index (κ2) is 5.99. The summed E-state index contributed by atoms with van der Waals surface area (Å²) in [6.45, 7) is -0.327. The number of hydrogen-bond donors (Lipinski definition) is 1. The van der Waals surface area contributed by atoms with E-state index in [2.05, 4.69) is 15.9 Å². The van der Waals surface area contributed by atoms with Crippen molar-refractivity contribution in [3.8, 4) is 5.75 Å². The first-order valence-corrected chi connectivity index (χ1v) is 6.19. The van der Waals surface area contributed by atoms with Crippen LogP contribution in [0.5, 0.6) is 5.75 Å². The van der Waals surface area contributed by atoms with E-state index in [0.717, 1.165) is 12.3 Å². The maximum atomic E-state index is 13.3. The smallest absolute Gasteiger partial charge is 0.227 e. The number of halogens is 2. The van der Waals surface area contributed by atoms with E-state index in [1.165, 1.54) is 6.07 Å². The number of hydrogen-bond acceptors (Lipinski definition) is 4. The molecule has 0 amide bonds. The highest BCUT2D eigenvalue weighted by atomic mass is 79.9. The molecule has 0 fully saturated rings. The molecule has 2 aromatic rings. The van der Waals surface area contributed by atoms with Crippen LogP contribution in [0.1, 0.15) is 11.3 Å². The quantitative estimate of drug-likeness (QED) is 0.937. The average molecular weight is 329 g/mol. The van der Waals surface area contributed by atoms with Crippen LogP contribution in [0.4, 0.5) is 4.39 Å². The molecule has 1 aromatic carbocycles. The van der Waals surface area contributed by atoms with E-state index < -0.39 is 11.2 Å². The van der Waals surface area contributed by atoms with Crippen molar-refractivity contribution < 1.29 is 18.7 Å². The molecule has 2 rings (SSSR count). The summed E-state index contributed by atoms with van der Waals surface area (Å²) in [7, 11) is 0. The molecule has 0 atom stereocenters. The van der Waals surface area contributed by atoms with Gasteiger partial charge in [0.15, 0.2) is 0 Å². The summed E-state index contributed by atoms with van der Waals surface area (Å²) >= 11 is 3.11. The molecule has 0 saturated carbocycles. The van der Waals surface area contributed by atoms with Gasteiger partial charge in [0.05, 0.1) is 4.47 Å². The highest BCUT2D eigenvalue weighted by Gasteiger charge is 2.08. The topological polar surface area (TPSA) is 59.7 Å². The molecule has 4 nitrogen and oxygen atoms in total. The van der Waals surface area contributed by atoms with Gasteiger partial charge in [0, 0.05) is 11.6 Å². The van der Waals surface area contributed by atoms with Crippen LogP contribution in [-0.2, 0) is 13.2 Å². The zero-order valence-electron chi connectivity index (χ0n) is 9.73. The predicted molar refractivity (Wildman–Crippen MR) is 69.3 cm³/mol. The fourth-order valence-corrected chi connectivity index (χ4v) is 1.82. The lowest BCUT2D eigenvalue weighted by Gasteiger charge is -2.07. The van der Waals surface area contributed by atoms with Crippen molar-refractivity contribution in [3.63, 3.8) is 0 Å². The van der Waals surface area contributed by atoms with Gasteiger partial charge >= 0.3 is 0 Å². The minimum absolute atomic E-state index is 0.00774. The summed E-state index contributed by atoms with van der Waals surface area (Å²) in [5.74, 6) is -0.235. The summed E-state index contributed by atoms with van der Waals surface area (Å²) in [5.41, 5.74) is 0.175. The van der Waals surface area contributed by atoms with Gasteiger partial charge in [-0.3, -0.25) is 4.79 Å². The Hall–Kier alpha value is -1.66. The number of aliphatic hydroxyl groups is 1. The van der Waals surface area contributed by atoms with Gasteiger partial charge in [-0.2, -0.15) is 0 Å². The van der Waals surface area contributed by atoms with Gasteiger partial charge < -0.3 is 14.3 Å². The second-order valence-corrected chi connectivity index (χ2v) is 4.53. The van der Waals surface area contributed by atoms with Crippen molar-refractivity contribution in [1.82, 2.24) is 0 Å². The van der Waals surface area contributed by atoms with E-state index in [-0.39, 0.29) is 24.7 Å². The first-order valence-electron chi connectivity index (χ1n) is 5.40. The summed E-state index contributed by atoms with van der Waals surface area (Å²) in [5, 5.41) is 8.81.